The second-order valence-electron chi connectivity index (χ2n) is 7.46. The molecule has 3 heterocycles. The topological polar surface area (TPSA) is 85.8 Å². The molecule has 9 heteroatoms. The third-order valence-corrected chi connectivity index (χ3v) is 6.14. The molecule has 1 N–H and O–H groups in total. The Morgan fingerprint density at radius 2 is 2.13 bits per heavy atom. The number of aromatic nitrogens is 4. The van der Waals surface area contributed by atoms with Crippen molar-refractivity contribution in [3.63, 3.8) is 0 Å². The van der Waals surface area contributed by atoms with Gasteiger partial charge in [0.2, 0.25) is 5.91 Å². The van der Waals surface area contributed by atoms with E-state index in [1.165, 1.54) is 11.8 Å². The van der Waals surface area contributed by atoms with E-state index in [0.717, 1.165) is 28.5 Å². The van der Waals surface area contributed by atoms with E-state index in [9.17, 15) is 4.79 Å². The summed E-state index contributed by atoms with van der Waals surface area (Å²) in [6.45, 7) is 6.97. The Bertz CT molecular complexity index is 1160. The monoisotopic (exact) mass is 453 g/mol. The third kappa shape index (κ3) is 5.23. The number of nitrogens with one attached hydrogen (secondary N) is 1. The first kappa shape index (κ1) is 21.3. The summed E-state index contributed by atoms with van der Waals surface area (Å²) < 4.78 is 7.50. The van der Waals surface area contributed by atoms with Gasteiger partial charge in [0.25, 0.3) is 0 Å². The van der Waals surface area contributed by atoms with E-state index in [1.807, 2.05) is 53.3 Å². The number of carbonyl (C=O) groups is 1. The molecule has 4 aromatic rings. The van der Waals surface area contributed by atoms with Crippen molar-refractivity contribution in [2.24, 2.45) is 5.92 Å². The van der Waals surface area contributed by atoms with Gasteiger partial charge in [0, 0.05) is 23.2 Å². The highest BCUT2D eigenvalue weighted by Gasteiger charge is 2.18. The molecule has 0 bridgehead atoms. The molecule has 31 heavy (non-hydrogen) atoms. The molecule has 160 valence electrons. The molecule has 3 aromatic heterocycles. The van der Waals surface area contributed by atoms with Crippen LogP contribution in [0.3, 0.4) is 0 Å². The molecule has 0 aliphatic rings. The van der Waals surface area contributed by atoms with Gasteiger partial charge < -0.3 is 9.73 Å². The minimum absolute atomic E-state index is 0.102. The van der Waals surface area contributed by atoms with Crippen molar-refractivity contribution >= 4 is 34.7 Å². The number of hydrogen-bond donors (Lipinski definition) is 1. The molecule has 7 nitrogen and oxygen atoms in total. The molecule has 0 radical (unpaired) electrons. The minimum atomic E-state index is -0.102. The fourth-order valence-electron chi connectivity index (χ4n) is 3.09. The summed E-state index contributed by atoms with van der Waals surface area (Å²) in [6, 6.07) is 11.4. The van der Waals surface area contributed by atoms with Gasteiger partial charge in [-0.3, -0.25) is 9.36 Å². The van der Waals surface area contributed by atoms with Crippen LogP contribution in [0.15, 0.2) is 57.6 Å². The number of hydrogen-bond acceptors (Lipinski definition) is 7. The fourth-order valence-corrected chi connectivity index (χ4v) is 4.46. The predicted molar refractivity (Wildman–Crippen MR) is 124 cm³/mol. The Morgan fingerprint density at radius 3 is 2.84 bits per heavy atom. The number of anilines is 1. The van der Waals surface area contributed by atoms with Crippen molar-refractivity contribution < 1.29 is 9.21 Å². The van der Waals surface area contributed by atoms with Crippen molar-refractivity contribution in [1.82, 2.24) is 19.7 Å². The average molecular weight is 454 g/mol. The lowest BCUT2D eigenvalue weighted by Crippen LogP contribution is -2.15. The smallest absolute Gasteiger partial charge is 0.234 e. The highest BCUT2D eigenvalue weighted by molar-refractivity contribution is 7.99. The molecular weight excluding hydrogens is 430 g/mol. The van der Waals surface area contributed by atoms with E-state index in [-0.39, 0.29) is 11.7 Å². The van der Waals surface area contributed by atoms with Crippen LogP contribution in [0.5, 0.6) is 0 Å². The van der Waals surface area contributed by atoms with E-state index >= 15 is 0 Å². The Kier molecular flexibility index (Phi) is 6.53. The van der Waals surface area contributed by atoms with Crippen LogP contribution in [0, 0.1) is 12.8 Å². The van der Waals surface area contributed by atoms with Crippen LogP contribution < -0.4 is 5.32 Å². The number of amides is 1. The molecule has 0 fully saturated rings. The van der Waals surface area contributed by atoms with Gasteiger partial charge in [0.15, 0.2) is 16.7 Å². The molecule has 0 aliphatic heterocycles. The summed E-state index contributed by atoms with van der Waals surface area (Å²) in [7, 11) is 0. The quantitative estimate of drug-likeness (QED) is 0.362. The zero-order valence-electron chi connectivity index (χ0n) is 17.5. The van der Waals surface area contributed by atoms with Gasteiger partial charge in [-0.05, 0) is 37.1 Å². The van der Waals surface area contributed by atoms with Crippen molar-refractivity contribution in [3.8, 4) is 22.8 Å². The standard InChI is InChI=1S/C22H23N5O2S2/c1-14(2)11-27-21(19-8-5-9-29-19)25-26-22(27)31-13-20(28)24-17-7-4-6-16(10-17)18-12-30-15(3)23-18/h4-10,12,14H,11,13H2,1-3H3,(H,24,28). The van der Waals surface area contributed by atoms with Crippen LogP contribution >= 0.6 is 23.1 Å². The van der Waals surface area contributed by atoms with Gasteiger partial charge in [-0.25, -0.2) is 4.98 Å². The number of nitrogens with zero attached hydrogens (tertiary/aromatic N) is 4. The van der Waals surface area contributed by atoms with Crippen LogP contribution in [0.25, 0.3) is 22.8 Å². The first-order chi connectivity index (χ1) is 15.0. The number of furan rings is 1. The Morgan fingerprint density at radius 1 is 1.26 bits per heavy atom. The number of thioether (sulfide) groups is 1. The second kappa shape index (κ2) is 9.49. The first-order valence-electron chi connectivity index (χ1n) is 9.92. The summed E-state index contributed by atoms with van der Waals surface area (Å²) in [5.41, 5.74) is 2.64. The highest BCUT2D eigenvalue weighted by Crippen LogP contribution is 2.27. The summed E-state index contributed by atoms with van der Waals surface area (Å²) in [6.07, 6.45) is 1.62. The van der Waals surface area contributed by atoms with E-state index in [1.54, 1.807) is 17.6 Å². The number of thiazole rings is 1. The maximum atomic E-state index is 12.6. The molecule has 4 rings (SSSR count). The Labute approximate surface area is 188 Å². The van der Waals surface area contributed by atoms with E-state index < -0.39 is 0 Å². The van der Waals surface area contributed by atoms with Gasteiger partial charge in [0.05, 0.1) is 22.7 Å². The highest BCUT2D eigenvalue weighted by atomic mass is 32.2. The predicted octanol–water partition coefficient (Wildman–Crippen LogP) is 5.36. The van der Waals surface area contributed by atoms with Crippen molar-refractivity contribution in [2.75, 3.05) is 11.1 Å². The molecule has 0 saturated carbocycles. The number of carbonyl (C=O) groups excluding carboxylic acids is 1. The van der Waals surface area contributed by atoms with Crippen molar-refractivity contribution in [1.29, 1.82) is 0 Å². The average Bonchev–Trinajstić information content (AvgIpc) is 3.48. The number of rotatable bonds is 8. The van der Waals surface area contributed by atoms with Gasteiger partial charge in [-0.1, -0.05) is 37.7 Å². The second-order valence-corrected chi connectivity index (χ2v) is 9.46. The van der Waals surface area contributed by atoms with Gasteiger partial charge in [-0.15, -0.1) is 21.5 Å². The SMILES string of the molecule is Cc1nc(-c2cccc(NC(=O)CSc3nnc(-c4ccco4)n3CC(C)C)c2)cs1. The lowest BCUT2D eigenvalue weighted by molar-refractivity contribution is -0.113. The third-order valence-electron chi connectivity index (χ3n) is 4.40. The molecular formula is C22H23N5O2S2. The van der Waals surface area contributed by atoms with Crippen LogP contribution in [0.4, 0.5) is 5.69 Å². The van der Waals surface area contributed by atoms with Gasteiger partial charge in [0.1, 0.15) is 0 Å². The van der Waals surface area contributed by atoms with Crippen LogP contribution in [-0.4, -0.2) is 31.4 Å². The molecule has 0 atom stereocenters. The fraction of sp³-hybridized carbons (Fsp3) is 0.273. The molecule has 0 saturated heterocycles. The zero-order chi connectivity index (χ0) is 21.8. The zero-order valence-corrected chi connectivity index (χ0v) is 19.2. The number of benzene rings is 1. The normalized spacial score (nSPS) is 11.2. The summed E-state index contributed by atoms with van der Waals surface area (Å²) >= 11 is 2.97. The lowest BCUT2D eigenvalue weighted by atomic mass is 10.1. The Balaban J connectivity index is 1.43. The largest absolute Gasteiger partial charge is 0.461 e. The molecule has 0 spiro atoms. The van der Waals surface area contributed by atoms with Gasteiger partial charge in [-0.2, -0.15) is 0 Å². The summed E-state index contributed by atoms with van der Waals surface area (Å²) in [4.78, 5) is 17.1. The summed E-state index contributed by atoms with van der Waals surface area (Å²) in [5, 5.41) is 15.3. The van der Waals surface area contributed by atoms with E-state index in [2.05, 4.69) is 34.3 Å². The van der Waals surface area contributed by atoms with Crippen LogP contribution in [0.1, 0.15) is 18.9 Å². The van der Waals surface area contributed by atoms with Crippen LogP contribution in [0.2, 0.25) is 0 Å². The number of aryl methyl sites for hydroxylation is 1. The molecule has 1 amide bonds. The molecule has 0 unspecified atom stereocenters. The first-order valence-corrected chi connectivity index (χ1v) is 11.8. The van der Waals surface area contributed by atoms with Crippen molar-refractivity contribution in [2.45, 2.75) is 32.5 Å². The lowest BCUT2D eigenvalue weighted by Gasteiger charge is -2.11. The molecule has 1 aromatic carbocycles. The Hall–Kier alpha value is -2.91. The maximum Gasteiger partial charge on any atom is 0.234 e. The maximum absolute atomic E-state index is 12.6. The van der Waals surface area contributed by atoms with E-state index in [4.69, 9.17) is 4.42 Å². The minimum Gasteiger partial charge on any atom is -0.461 e. The van der Waals surface area contributed by atoms with Crippen LogP contribution in [-0.2, 0) is 11.3 Å². The molecule has 0 aliphatic carbocycles. The van der Waals surface area contributed by atoms with Crippen molar-refractivity contribution in [3.05, 3.63) is 53.0 Å². The summed E-state index contributed by atoms with van der Waals surface area (Å²) in [5.74, 6) is 1.87. The van der Waals surface area contributed by atoms with Gasteiger partial charge >= 0.3 is 0 Å². The van der Waals surface area contributed by atoms with E-state index in [0.29, 0.717) is 22.7 Å².